The van der Waals surface area contributed by atoms with Gasteiger partial charge in [0.2, 0.25) is 5.91 Å². The fraction of sp³-hybridized carbons (Fsp3) is 0.750. The Balaban J connectivity index is 4.23. The number of nitrogens with zero attached hydrogens (tertiary/aromatic N) is 3. The first kappa shape index (κ1) is 16.4. The summed E-state index contributed by atoms with van der Waals surface area (Å²) < 4.78 is 0. The molecule has 102 valence electrons. The average molecular weight is 255 g/mol. The van der Waals surface area contributed by atoms with Crippen molar-refractivity contribution in [2.75, 3.05) is 33.2 Å². The third-order valence-electron chi connectivity index (χ3n) is 2.74. The van der Waals surface area contributed by atoms with Crippen LogP contribution in [0.3, 0.4) is 0 Å². The lowest BCUT2D eigenvalue weighted by Crippen LogP contribution is -2.41. The molecule has 0 saturated heterocycles. The van der Waals surface area contributed by atoms with E-state index in [1.165, 1.54) is 4.90 Å². The van der Waals surface area contributed by atoms with E-state index in [4.69, 9.17) is 10.4 Å². The van der Waals surface area contributed by atoms with Crippen molar-refractivity contribution in [2.24, 2.45) is 5.92 Å². The second-order valence-electron chi connectivity index (χ2n) is 4.29. The highest BCUT2D eigenvalue weighted by Crippen LogP contribution is 2.01. The molecule has 0 heterocycles. The molecule has 6 nitrogen and oxygen atoms in total. The van der Waals surface area contributed by atoms with Crippen molar-refractivity contribution in [3.05, 3.63) is 0 Å². The summed E-state index contributed by atoms with van der Waals surface area (Å²) in [5.74, 6) is -1.45. The summed E-state index contributed by atoms with van der Waals surface area (Å²) in [4.78, 5) is 25.8. The number of likely N-dealkylation sites (N-methyl/N-ethyl adjacent to an activating group) is 2. The van der Waals surface area contributed by atoms with Crippen LogP contribution in [-0.2, 0) is 9.59 Å². The van der Waals surface area contributed by atoms with Gasteiger partial charge in [-0.15, -0.1) is 0 Å². The Labute approximate surface area is 108 Å². The van der Waals surface area contributed by atoms with Gasteiger partial charge >= 0.3 is 5.97 Å². The summed E-state index contributed by atoms with van der Waals surface area (Å²) in [5.41, 5.74) is 0. The number of amides is 1. The van der Waals surface area contributed by atoms with E-state index in [2.05, 4.69) is 0 Å². The molecule has 18 heavy (non-hydrogen) atoms. The van der Waals surface area contributed by atoms with E-state index in [1.54, 1.807) is 18.9 Å². The van der Waals surface area contributed by atoms with Gasteiger partial charge in [0.25, 0.3) is 0 Å². The van der Waals surface area contributed by atoms with Gasteiger partial charge in [0.1, 0.15) is 0 Å². The number of carbonyl (C=O) groups excluding carboxylic acids is 1. The zero-order chi connectivity index (χ0) is 14.1. The Morgan fingerprint density at radius 1 is 1.44 bits per heavy atom. The van der Waals surface area contributed by atoms with E-state index < -0.39 is 11.9 Å². The Morgan fingerprint density at radius 2 is 2.06 bits per heavy atom. The highest BCUT2D eigenvalue weighted by atomic mass is 16.4. The molecule has 1 atom stereocenters. The number of hydrogen-bond donors (Lipinski definition) is 1. The van der Waals surface area contributed by atoms with Crippen LogP contribution in [0.15, 0.2) is 0 Å². The van der Waals surface area contributed by atoms with Crippen molar-refractivity contribution < 1.29 is 14.7 Å². The number of rotatable bonds is 8. The van der Waals surface area contributed by atoms with Gasteiger partial charge in [-0.3, -0.25) is 14.5 Å². The third-order valence-corrected chi connectivity index (χ3v) is 2.74. The van der Waals surface area contributed by atoms with E-state index in [1.807, 2.05) is 13.0 Å². The molecule has 0 aliphatic heterocycles. The molecule has 0 aliphatic rings. The summed E-state index contributed by atoms with van der Waals surface area (Å²) in [5, 5.41) is 17.3. The van der Waals surface area contributed by atoms with Crippen LogP contribution in [0.4, 0.5) is 0 Å². The van der Waals surface area contributed by atoms with Crippen LogP contribution >= 0.6 is 0 Å². The number of nitriles is 1. The molecule has 0 radical (unpaired) electrons. The first-order valence-corrected chi connectivity index (χ1v) is 5.98. The minimum absolute atomic E-state index is 0.0929. The molecular weight excluding hydrogens is 234 g/mol. The molecule has 0 aliphatic carbocycles. The number of carboxylic acid groups (broad SMARTS) is 1. The topological polar surface area (TPSA) is 84.6 Å². The van der Waals surface area contributed by atoms with Crippen LogP contribution in [0.25, 0.3) is 0 Å². The number of carbonyl (C=O) groups is 2. The fourth-order valence-electron chi connectivity index (χ4n) is 1.43. The lowest BCUT2D eigenvalue weighted by Gasteiger charge is -2.24. The predicted octanol–water partition coefficient (Wildman–Crippen LogP) is 0.401. The van der Waals surface area contributed by atoms with Crippen molar-refractivity contribution >= 4 is 11.9 Å². The first-order chi connectivity index (χ1) is 8.42. The lowest BCUT2D eigenvalue weighted by atomic mass is 10.1. The summed E-state index contributed by atoms with van der Waals surface area (Å²) >= 11 is 0. The highest BCUT2D eigenvalue weighted by Gasteiger charge is 2.18. The Kier molecular flexibility index (Phi) is 7.72. The number of hydrogen-bond acceptors (Lipinski definition) is 4. The average Bonchev–Trinajstić information content (AvgIpc) is 2.34. The third kappa shape index (κ3) is 6.21. The summed E-state index contributed by atoms with van der Waals surface area (Å²) in [7, 11) is 1.65. The van der Waals surface area contributed by atoms with Gasteiger partial charge in [0.05, 0.1) is 25.0 Å². The van der Waals surface area contributed by atoms with E-state index in [9.17, 15) is 9.59 Å². The maximum absolute atomic E-state index is 11.8. The van der Waals surface area contributed by atoms with E-state index >= 15 is 0 Å². The Morgan fingerprint density at radius 3 is 2.50 bits per heavy atom. The summed E-state index contributed by atoms with van der Waals surface area (Å²) in [6, 6.07) is 1.98. The monoisotopic (exact) mass is 255 g/mol. The maximum Gasteiger partial charge on any atom is 0.307 e. The van der Waals surface area contributed by atoms with Crippen molar-refractivity contribution in [2.45, 2.75) is 20.3 Å². The van der Waals surface area contributed by atoms with Gasteiger partial charge in [-0.2, -0.15) is 5.26 Å². The molecule has 0 saturated carbocycles. The van der Waals surface area contributed by atoms with Crippen molar-refractivity contribution in [3.8, 4) is 6.07 Å². The molecule has 1 unspecified atom stereocenters. The fourth-order valence-corrected chi connectivity index (χ4v) is 1.43. The van der Waals surface area contributed by atoms with Gasteiger partial charge in [-0.1, -0.05) is 13.8 Å². The summed E-state index contributed by atoms with van der Waals surface area (Å²) in [6.45, 7) is 5.07. The highest BCUT2D eigenvalue weighted by molar-refractivity contribution is 5.78. The molecule has 0 bridgehead atoms. The normalized spacial score (nSPS) is 11.9. The van der Waals surface area contributed by atoms with Gasteiger partial charge < -0.3 is 10.0 Å². The van der Waals surface area contributed by atoms with Gasteiger partial charge in [0, 0.05) is 20.1 Å². The van der Waals surface area contributed by atoms with E-state index in [0.29, 0.717) is 26.1 Å². The van der Waals surface area contributed by atoms with E-state index in [0.717, 1.165) is 0 Å². The first-order valence-electron chi connectivity index (χ1n) is 5.98. The molecule has 1 N–H and O–H groups in total. The molecule has 0 aromatic carbocycles. The SMILES string of the molecule is CCN(CC(=O)N(C)CCC#N)CC(C)C(=O)O. The van der Waals surface area contributed by atoms with Crippen molar-refractivity contribution in [1.82, 2.24) is 9.80 Å². The van der Waals surface area contributed by atoms with Crippen molar-refractivity contribution in [1.29, 1.82) is 5.26 Å². The minimum atomic E-state index is -0.862. The second kappa shape index (κ2) is 8.48. The molecule has 0 fully saturated rings. The largest absolute Gasteiger partial charge is 0.481 e. The summed E-state index contributed by atoms with van der Waals surface area (Å²) in [6.07, 6.45) is 0.305. The van der Waals surface area contributed by atoms with Crippen LogP contribution in [0.5, 0.6) is 0 Å². The van der Waals surface area contributed by atoms with Crippen LogP contribution in [0, 0.1) is 17.2 Å². The van der Waals surface area contributed by atoms with E-state index in [-0.39, 0.29) is 12.5 Å². The molecule has 1 amide bonds. The van der Waals surface area contributed by atoms with Gasteiger partial charge in [-0.05, 0) is 6.54 Å². The molecule has 0 aromatic rings. The van der Waals surface area contributed by atoms with Gasteiger partial charge in [0.15, 0.2) is 0 Å². The molecule has 0 aromatic heterocycles. The Hall–Kier alpha value is -1.61. The molecule has 0 spiro atoms. The zero-order valence-corrected chi connectivity index (χ0v) is 11.2. The Bertz CT molecular complexity index is 325. The molecule has 6 heteroatoms. The zero-order valence-electron chi connectivity index (χ0n) is 11.2. The number of carboxylic acids is 1. The van der Waals surface area contributed by atoms with Crippen LogP contribution in [-0.4, -0.2) is 60.0 Å². The quantitative estimate of drug-likeness (QED) is 0.678. The molecule has 0 rings (SSSR count). The van der Waals surface area contributed by atoms with Crippen LogP contribution in [0.2, 0.25) is 0 Å². The maximum atomic E-state index is 11.8. The molecular formula is C12H21N3O3. The standard InChI is InChI=1S/C12H21N3O3/c1-4-15(8-10(2)12(17)18)9-11(16)14(3)7-5-6-13/h10H,4-5,7-9H2,1-3H3,(H,17,18). The minimum Gasteiger partial charge on any atom is -0.481 e. The van der Waals surface area contributed by atoms with Crippen LogP contribution in [0.1, 0.15) is 20.3 Å². The lowest BCUT2D eigenvalue weighted by molar-refractivity contribution is -0.142. The van der Waals surface area contributed by atoms with Crippen LogP contribution < -0.4 is 0 Å². The van der Waals surface area contributed by atoms with Gasteiger partial charge in [-0.25, -0.2) is 0 Å². The smallest absolute Gasteiger partial charge is 0.307 e. The van der Waals surface area contributed by atoms with Crippen molar-refractivity contribution in [3.63, 3.8) is 0 Å². The predicted molar refractivity (Wildman–Crippen MR) is 66.8 cm³/mol. The second-order valence-corrected chi connectivity index (χ2v) is 4.29. The number of aliphatic carboxylic acids is 1.